The number of hydrogen-bond donors (Lipinski definition) is 1. The molecule has 2 N–H and O–H groups in total. The first-order valence-electron chi connectivity index (χ1n) is 6.22. The molecule has 1 fully saturated rings. The Labute approximate surface area is 124 Å². The summed E-state index contributed by atoms with van der Waals surface area (Å²) in [7, 11) is 0. The summed E-state index contributed by atoms with van der Waals surface area (Å²) in [6.07, 6.45) is 0. The molecular weight excluding hydrogens is 329 g/mol. The molecule has 1 aliphatic rings. The van der Waals surface area contributed by atoms with E-state index in [2.05, 4.69) is 15.9 Å². The van der Waals surface area contributed by atoms with Crippen LogP contribution in [0.2, 0.25) is 0 Å². The van der Waals surface area contributed by atoms with E-state index in [1.807, 2.05) is 4.90 Å². The molecule has 0 saturated carbocycles. The molecule has 1 aliphatic heterocycles. The Kier molecular flexibility index (Phi) is 4.72. The maximum absolute atomic E-state index is 13.0. The average Bonchev–Trinajstić information content (AvgIpc) is 2.38. The topological polar surface area (TPSA) is 66.6 Å². The molecular formula is C13H15BrFN3O2. The third-order valence-electron chi connectivity index (χ3n) is 3.20. The lowest BCUT2D eigenvalue weighted by atomic mass is 10.1. The number of benzene rings is 1. The second-order valence-electron chi connectivity index (χ2n) is 4.66. The van der Waals surface area contributed by atoms with Crippen molar-refractivity contribution in [1.29, 1.82) is 0 Å². The Morgan fingerprint density at radius 2 is 1.90 bits per heavy atom. The van der Waals surface area contributed by atoms with Crippen LogP contribution in [0.25, 0.3) is 0 Å². The molecule has 7 heteroatoms. The van der Waals surface area contributed by atoms with Gasteiger partial charge in [0.1, 0.15) is 5.82 Å². The first-order valence-corrected chi connectivity index (χ1v) is 7.01. The summed E-state index contributed by atoms with van der Waals surface area (Å²) in [4.78, 5) is 26.8. The summed E-state index contributed by atoms with van der Waals surface area (Å²) < 4.78 is 13.5. The molecule has 0 unspecified atom stereocenters. The van der Waals surface area contributed by atoms with Gasteiger partial charge in [-0.2, -0.15) is 0 Å². The number of nitrogens with two attached hydrogens (primary N) is 1. The molecule has 1 aromatic carbocycles. The number of halogens is 2. The van der Waals surface area contributed by atoms with Gasteiger partial charge in [0.25, 0.3) is 5.91 Å². The minimum atomic E-state index is -0.389. The average molecular weight is 344 g/mol. The molecule has 1 saturated heterocycles. The molecule has 0 atom stereocenters. The summed E-state index contributed by atoms with van der Waals surface area (Å²) in [5, 5.41) is 0. The lowest BCUT2D eigenvalue weighted by Crippen LogP contribution is -2.50. The maximum atomic E-state index is 13.0. The van der Waals surface area contributed by atoms with Crippen LogP contribution in [-0.2, 0) is 4.79 Å². The van der Waals surface area contributed by atoms with Crippen molar-refractivity contribution in [2.45, 2.75) is 0 Å². The van der Waals surface area contributed by atoms with Gasteiger partial charge in [-0.15, -0.1) is 0 Å². The van der Waals surface area contributed by atoms with Gasteiger partial charge in [-0.05, 0) is 34.1 Å². The van der Waals surface area contributed by atoms with E-state index in [0.29, 0.717) is 36.2 Å². The number of hydrogen-bond acceptors (Lipinski definition) is 3. The molecule has 20 heavy (non-hydrogen) atoms. The minimum absolute atomic E-state index is 0.143. The van der Waals surface area contributed by atoms with Crippen LogP contribution < -0.4 is 5.73 Å². The van der Waals surface area contributed by atoms with Crippen molar-refractivity contribution < 1.29 is 14.0 Å². The Balaban J connectivity index is 1.99. The standard InChI is InChI=1S/C13H15BrFN3O2/c14-11-7-9(15)1-2-10(11)13(20)18-5-3-17(4-6-18)8-12(16)19/h1-2,7H,3-6,8H2,(H2,16,19). The van der Waals surface area contributed by atoms with E-state index in [1.54, 1.807) is 4.90 Å². The first kappa shape index (κ1) is 14.9. The van der Waals surface area contributed by atoms with Crippen LogP contribution in [-0.4, -0.2) is 54.3 Å². The predicted molar refractivity (Wildman–Crippen MR) is 75.6 cm³/mol. The van der Waals surface area contributed by atoms with Crippen LogP contribution >= 0.6 is 15.9 Å². The van der Waals surface area contributed by atoms with Gasteiger partial charge in [0, 0.05) is 30.7 Å². The van der Waals surface area contributed by atoms with Gasteiger partial charge in [-0.1, -0.05) is 0 Å². The minimum Gasteiger partial charge on any atom is -0.369 e. The van der Waals surface area contributed by atoms with Crippen molar-refractivity contribution in [3.05, 3.63) is 34.1 Å². The molecule has 1 heterocycles. The van der Waals surface area contributed by atoms with Crippen molar-refractivity contribution in [2.24, 2.45) is 5.73 Å². The van der Waals surface area contributed by atoms with E-state index < -0.39 is 0 Å². The zero-order valence-electron chi connectivity index (χ0n) is 10.8. The molecule has 0 aromatic heterocycles. The Morgan fingerprint density at radius 1 is 1.25 bits per heavy atom. The smallest absolute Gasteiger partial charge is 0.255 e. The molecule has 5 nitrogen and oxygen atoms in total. The highest BCUT2D eigenvalue weighted by Gasteiger charge is 2.24. The van der Waals surface area contributed by atoms with Gasteiger partial charge in [-0.25, -0.2) is 4.39 Å². The molecule has 2 rings (SSSR count). The molecule has 0 spiro atoms. The quantitative estimate of drug-likeness (QED) is 0.883. The lowest BCUT2D eigenvalue weighted by molar-refractivity contribution is -0.119. The van der Waals surface area contributed by atoms with Crippen molar-refractivity contribution >= 4 is 27.7 Å². The van der Waals surface area contributed by atoms with Gasteiger partial charge < -0.3 is 10.6 Å². The summed E-state index contributed by atoms with van der Waals surface area (Å²) in [5.74, 6) is -0.902. The van der Waals surface area contributed by atoms with E-state index >= 15 is 0 Å². The number of carbonyl (C=O) groups excluding carboxylic acids is 2. The largest absolute Gasteiger partial charge is 0.369 e. The SMILES string of the molecule is NC(=O)CN1CCN(C(=O)c2ccc(F)cc2Br)CC1. The fourth-order valence-electron chi connectivity index (χ4n) is 2.16. The molecule has 0 radical (unpaired) electrons. The van der Waals surface area contributed by atoms with Crippen molar-refractivity contribution in [2.75, 3.05) is 32.7 Å². The fourth-order valence-corrected chi connectivity index (χ4v) is 2.68. The molecule has 1 aromatic rings. The number of rotatable bonds is 3. The summed E-state index contributed by atoms with van der Waals surface area (Å²) in [6, 6.07) is 4.01. The van der Waals surface area contributed by atoms with E-state index in [4.69, 9.17) is 5.73 Å². The van der Waals surface area contributed by atoms with Gasteiger partial charge >= 0.3 is 0 Å². The molecule has 2 amide bonds. The third-order valence-corrected chi connectivity index (χ3v) is 3.86. The van der Waals surface area contributed by atoms with Crippen LogP contribution in [0, 0.1) is 5.82 Å². The molecule has 108 valence electrons. The van der Waals surface area contributed by atoms with Crippen molar-refractivity contribution in [1.82, 2.24) is 9.80 Å². The zero-order chi connectivity index (χ0) is 14.7. The van der Waals surface area contributed by atoms with E-state index in [0.717, 1.165) is 0 Å². The predicted octanol–water partition coefficient (Wildman–Crippen LogP) is 0.831. The van der Waals surface area contributed by atoms with Gasteiger partial charge in [0.2, 0.25) is 5.91 Å². The van der Waals surface area contributed by atoms with Crippen LogP contribution in [0.5, 0.6) is 0 Å². The number of amides is 2. The normalized spacial score (nSPS) is 16.2. The monoisotopic (exact) mass is 343 g/mol. The van der Waals surface area contributed by atoms with Crippen LogP contribution in [0.4, 0.5) is 4.39 Å². The molecule has 0 aliphatic carbocycles. The van der Waals surface area contributed by atoms with Gasteiger partial charge in [-0.3, -0.25) is 14.5 Å². The number of piperazine rings is 1. The highest BCUT2D eigenvalue weighted by atomic mass is 79.9. The van der Waals surface area contributed by atoms with Gasteiger partial charge in [0.15, 0.2) is 0 Å². The highest BCUT2D eigenvalue weighted by Crippen LogP contribution is 2.20. The lowest BCUT2D eigenvalue weighted by Gasteiger charge is -2.34. The zero-order valence-corrected chi connectivity index (χ0v) is 12.4. The summed E-state index contributed by atoms with van der Waals surface area (Å²) >= 11 is 3.20. The number of carbonyl (C=O) groups is 2. The van der Waals surface area contributed by atoms with E-state index in [-0.39, 0.29) is 24.2 Å². The Bertz CT molecular complexity index is 530. The molecule has 0 bridgehead atoms. The van der Waals surface area contributed by atoms with Crippen molar-refractivity contribution in [3.63, 3.8) is 0 Å². The van der Waals surface area contributed by atoms with Gasteiger partial charge in [0.05, 0.1) is 12.1 Å². The van der Waals surface area contributed by atoms with Crippen molar-refractivity contribution in [3.8, 4) is 0 Å². The van der Waals surface area contributed by atoms with Crippen LogP contribution in [0.1, 0.15) is 10.4 Å². The maximum Gasteiger partial charge on any atom is 0.255 e. The highest BCUT2D eigenvalue weighted by molar-refractivity contribution is 9.10. The Morgan fingerprint density at radius 3 is 2.45 bits per heavy atom. The number of nitrogens with zero attached hydrogens (tertiary/aromatic N) is 2. The number of primary amides is 1. The summed E-state index contributed by atoms with van der Waals surface area (Å²) in [5.41, 5.74) is 5.58. The van der Waals surface area contributed by atoms with Crippen LogP contribution in [0.3, 0.4) is 0 Å². The second-order valence-corrected chi connectivity index (χ2v) is 5.51. The third kappa shape index (κ3) is 3.55. The van der Waals surface area contributed by atoms with E-state index in [1.165, 1.54) is 18.2 Å². The summed E-state index contributed by atoms with van der Waals surface area (Å²) in [6.45, 7) is 2.47. The fraction of sp³-hybridized carbons (Fsp3) is 0.385. The van der Waals surface area contributed by atoms with Crippen LogP contribution in [0.15, 0.2) is 22.7 Å². The second kappa shape index (κ2) is 6.32. The van der Waals surface area contributed by atoms with E-state index in [9.17, 15) is 14.0 Å². The first-order chi connectivity index (χ1) is 9.47. The Hall–Kier alpha value is -1.47.